The summed E-state index contributed by atoms with van der Waals surface area (Å²) in [5.74, 6) is 0.169. The Bertz CT molecular complexity index is 1860. The lowest BCUT2D eigenvalue weighted by molar-refractivity contribution is -0.116. The number of carbonyl (C=O) groups is 2. The van der Waals surface area contributed by atoms with Gasteiger partial charge in [0.15, 0.2) is 4.96 Å². The maximum atomic E-state index is 12.7. The highest BCUT2D eigenvalue weighted by atomic mass is 32.1. The predicted molar refractivity (Wildman–Crippen MR) is 162 cm³/mol. The Morgan fingerprint density at radius 3 is 2.46 bits per heavy atom. The third-order valence-electron chi connectivity index (χ3n) is 6.23. The molecule has 6 aromatic rings. The molecule has 10 heteroatoms. The summed E-state index contributed by atoms with van der Waals surface area (Å²) in [5, 5.41) is 11.0. The van der Waals surface area contributed by atoms with E-state index in [9.17, 15) is 9.59 Å². The summed E-state index contributed by atoms with van der Waals surface area (Å²) < 4.78 is 2.00. The van der Waals surface area contributed by atoms with Gasteiger partial charge in [0.25, 0.3) is 0 Å². The number of amides is 2. The van der Waals surface area contributed by atoms with Crippen LogP contribution in [-0.2, 0) is 16.0 Å². The summed E-state index contributed by atoms with van der Waals surface area (Å²) in [4.78, 5) is 39.1. The average Bonchev–Trinajstić information content (AvgIpc) is 3.55. The van der Waals surface area contributed by atoms with Gasteiger partial charge in [-0.25, -0.2) is 15.0 Å². The molecule has 2 amide bonds. The molecular weight excluding hydrogens is 534 g/mol. The van der Waals surface area contributed by atoms with Gasteiger partial charge in [-0.2, -0.15) is 0 Å². The van der Waals surface area contributed by atoms with Crippen molar-refractivity contribution in [3.8, 4) is 22.6 Å². The summed E-state index contributed by atoms with van der Waals surface area (Å²) in [5.41, 5.74) is 6.14. The molecule has 3 aromatic carbocycles. The highest BCUT2D eigenvalue weighted by molar-refractivity contribution is 7.15. The van der Waals surface area contributed by atoms with Gasteiger partial charge < -0.3 is 16.0 Å². The van der Waals surface area contributed by atoms with E-state index in [1.54, 1.807) is 6.20 Å². The van der Waals surface area contributed by atoms with Gasteiger partial charge in [0.2, 0.25) is 17.8 Å². The van der Waals surface area contributed by atoms with Gasteiger partial charge >= 0.3 is 0 Å². The van der Waals surface area contributed by atoms with Crippen LogP contribution in [0.25, 0.3) is 27.6 Å². The standard InChI is InChI=1S/C31H25N7O2S/c1-20(39)33-24-11-6-12-25(19-24)35-30-32-14-13-26(36-30)29-28(37-31-38(29)15-16-41-31)22-9-5-10-23(18-22)34-27(40)17-21-7-3-2-4-8-21/h2-16,18-19H,17H2,1H3,(H,33,39)(H,34,40)(H,32,35,36). The van der Waals surface area contributed by atoms with Crippen LogP contribution in [0.15, 0.2) is 103 Å². The second kappa shape index (κ2) is 11.4. The number of carbonyl (C=O) groups excluding carboxylic acids is 2. The first-order valence-corrected chi connectivity index (χ1v) is 13.8. The number of nitrogens with one attached hydrogen (secondary N) is 3. The van der Waals surface area contributed by atoms with Crippen LogP contribution in [0.3, 0.4) is 0 Å². The minimum absolute atomic E-state index is 0.0894. The minimum atomic E-state index is -0.145. The molecule has 0 spiro atoms. The van der Waals surface area contributed by atoms with E-state index in [4.69, 9.17) is 9.97 Å². The van der Waals surface area contributed by atoms with Gasteiger partial charge in [-0.15, -0.1) is 11.3 Å². The third kappa shape index (κ3) is 5.97. The van der Waals surface area contributed by atoms with Gasteiger partial charge in [-0.3, -0.25) is 14.0 Å². The smallest absolute Gasteiger partial charge is 0.228 e. The van der Waals surface area contributed by atoms with E-state index in [1.165, 1.54) is 18.3 Å². The Labute approximate surface area is 240 Å². The minimum Gasteiger partial charge on any atom is -0.326 e. The molecule has 0 aliphatic carbocycles. The molecule has 3 N–H and O–H groups in total. The molecule has 0 radical (unpaired) electrons. The zero-order valence-corrected chi connectivity index (χ0v) is 22.9. The van der Waals surface area contributed by atoms with Crippen LogP contribution in [-0.4, -0.2) is 31.2 Å². The fraction of sp³-hybridized carbons (Fsp3) is 0.0645. The number of rotatable bonds is 8. The van der Waals surface area contributed by atoms with E-state index >= 15 is 0 Å². The number of nitrogens with zero attached hydrogens (tertiary/aromatic N) is 4. The van der Waals surface area contributed by atoms with E-state index in [0.29, 0.717) is 29.4 Å². The number of fused-ring (bicyclic) bond motifs is 1. The topological polar surface area (TPSA) is 113 Å². The van der Waals surface area contributed by atoms with E-state index in [-0.39, 0.29) is 11.8 Å². The van der Waals surface area contributed by atoms with E-state index in [0.717, 1.165) is 33.2 Å². The molecule has 0 saturated heterocycles. The molecule has 9 nitrogen and oxygen atoms in total. The summed E-state index contributed by atoms with van der Waals surface area (Å²) in [6, 6.07) is 26.5. The molecule has 0 unspecified atom stereocenters. The number of hydrogen-bond donors (Lipinski definition) is 3. The monoisotopic (exact) mass is 559 g/mol. The summed E-state index contributed by atoms with van der Waals surface area (Å²) in [6.45, 7) is 1.47. The number of thiazole rings is 1. The maximum Gasteiger partial charge on any atom is 0.228 e. The molecule has 0 fully saturated rings. The Balaban J connectivity index is 1.30. The molecule has 3 aromatic heterocycles. The second-order valence-corrected chi connectivity index (χ2v) is 10.2. The van der Waals surface area contributed by atoms with Crippen molar-refractivity contribution in [3.63, 3.8) is 0 Å². The first-order chi connectivity index (χ1) is 20.0. The first-order valence-electron chi connectivity index (χ1n) is 12.9. The number of anilines is 4. The van der Waals surface area contributed by atoms with Crippen molar-refractivity contribution >= 4 is 51.1 Å². The molecule has 41 heavy (non-hydrogen) atoms. The molecule has 0 atom stereocenters. The number of benzene rings is 3. The van der Waals surface area contributed by atoms with Gasteiger partial charge in [0.05, 0.1) is 17.8 Å². The van der Waals surface area contributed by atoms with Crippen LogP contribution >= 0.6 is 11.3 Å². The Hall–Kier alpha value is -5.35. The SMILES string of the molecule is CC(=O)Nc1cccc(Nc2nccc(-c3c(-c4cccc(NC(=O)Cc5ccccc5)c4)nc4sccn34)n2)c1. The molecule has 0 saturated carbocycles. The molecule has 0 bridgehead atoms. The highest BCUT2D eigenvalue weighted by Gasteiger charge is 2.19. The predicted octanol–water partition coefficient (Wildman–Crippen LogP) is 6.40. The number of imidazole rings is 1. The molecule has 3 heterocycles. The molecular formula is C31H25N7O2S. The Kier molecular flexibility index (Phi) is 7.21. The lowest BCUT2D eigenvalue weighted by Crippen LogP contribution is -2.14. The first kappa shape index (κ1) is 25.9. The van der Waals surface area contributed by atoms with Crippen LogP contribution in [0.1, 0.15) is 12.5 Å². The van der Waals surface area contributed by atoms with Crippen molar-refractivity contribution < 1.29 is 9.59 Å². The van der Waals surface area contributed by atoms with Gasteiger partial charge in [-0.05, 0) is 42.0 Å². The van der Waals surface area contributed by atoms with Crippen molar-refractivity contribution in [2.24, 2.45) is 0 Å². The van der Waals surface area contributed by atoms with Crippen LogP contribution in [0, 0.1) is 0 Å². The van der Waals surface area contributed by atoms with Crippen molar-refractivity contribution in [2.45, 2.75) is 13.3 Å². The molecule has 0 aliphatic rings. The quantitative estimate of drug-likeness (QED) is 0.199. The van der Waals surface area contributed by atoms with E-state index in [1.807, 2.05) is 101 Å². The molecule has 202 valence electrons. The van der Waals surface area contributed by atoms with Crippen LogP contribution in [0.2, 0.25) is 0 Å². The van der Waals surface area contributed by atoms with Crippen molar-refractivity contribution in [1.82, 2.24) is 19.4 Å². The van der Waals surface area contributed by atoms with E-state index < -0.39 is 0 Å². The maximum absolute atomic E-state index is 12.7. The van der Waals surface area contributed by atoms with E-state index in [2.05, 4.69) is 20.9 Å². The average molecular weight is 560 g/mol. The highest BCUT2D eigenvalue weighted by Crippen LogP contribution is 2.35. The fourth-order valence-electron chi connectivity index (χ4n) is 4.52. The largest absolute Gasteiger partial charge is 0.326 e. The summed E-state index contributed by atoms with van der Waals surface area (Å²) >= 11 is 1.53. The number of hydrogen-bond acceptors (Lipinski definition) is 7. The molecule has 0 aliphatic heterocycles. The van der Waals surface area contributed by atoms with Gasteiger partial charge in [0.1, 0.15) is 5.69 Å². The van der Waals surface area contributed by atoms with Crippen molar-refractivity contribution in [3.05, 3.63) is 108 Å². The van der Waals surface area contributed by atoms with Crippen molar-refractivity contribution in [1.29, 1.82) is 0 Å². The molecule has 6 rings (SSSR count). The third-order valence-corrected chi connectivity index (χ3v) is 6.98. The second-order valence-electron chi connectivity index (χ2n) is 9.31. The Morgan fingerprint density at radius 1 is 0.854 bits per heavy atom. The fourth-order valence-corrected chi connectivity index (χ4v) is 5.23. The zero-order valence-electron chi connectivity index (χ0n) is 22.0. The normalized spacial score (nSPS) is 10.9. The summed E-state index contributed by atoms with van der Waals surface area (Å²) in [7, 11) is 0. The van der Waals surface area contributed by atoms with Gasteiger partial charge in [-0.1, -0.05) is 48.5 Å². The summed E-state index contributed by atoms with van der Waals surface area (Å²) in [6.07, 6.45) is 3.95. The van der Waals surface area contributed by atoms with Gasteiger partial charge in [0, 0.05) is 47.3 Å². The van der Waals surface area contributed by atoms with Crippen molar-refractivity contribution in [2.75, 3.05) is 16.0 Å². The Morgan fingerprint density at radius 2 is 1.63 bits per heavy atom. The lowest BCUT2D eigenvalue weighted by atomic mass is 10.1. The number of aromatic nitrogens is 4. The zero-order chi connectivity index (χ0) is 28.2. The lowest BCUT2D eigenvalue weighted by Gasteiger charge is -2.10. The van der Waals surface area contributed by atoms with Crippen LogP contribution < -0.4 is 16.0 Å². The van der Waals surface area contributed by atoms with Crippen LogP contribution in [0.4, 0.5) is 23.0 Å². The van der Waals surface area contributed by atoms with Crippen LogP contribution in [0.5, 0.6) is 0 Å².